The lowest BCUT2D eigenvalue weighted by molar-refractivity contribution is 0.0525. The highest BCUT2D eigenvalue weighted by molar-refractivity contribution is 5.90. The second-order valence-corrected chi connectivity index (χ2v) is 3.62. The number of carbonyl (C=O) groups is 1. The second-order valence-electron chi connectivity index (χ2n) is 3.62. The first-order valence-electron chi connectivity index (χ1n) is 4.91. The Morgan fingerprint density at radius 3 is 2.57 bits per heavy atom. The Morgan fingerprint density at radius 1 is 1.50 bits per heavy atom. The minimum atomic E-state index is -0.232. The Bertz CT molecular complexity index is 326. The van der Waals surface area contributed by atoms with Crippen LogP contribution in [0.15, 0.2) is 12.4 Å². The van der Waals surface area contributed by atoms with E-state index in [1.54, 1.807) is 0 Å². The van der Waals surface area contributed by atoms with Gasteiger partial charge in [-0.3, -0.25) is 0 Å². The van der Waals surface area contributed by atoms with Gasteiger partial charge in [0.05, 0.1) is 12.2 Å². The van der Waals surface area contributed by atoms with Crippen molar-refractivity contribution in [2.75, 3.05) is 6.61 Å². The van der Waals surface area contributed by atoms with E-state index in [-0.39, 0.29) is 5.97 Å². The molecule has 0 saturated heterocycles. The minimum absolute atomic E-state index is 0.232. The minimum Gasteiger partial charge on any atom is -0.462 e. The van der Waals surface area contributed by atoms with Crippen molar-refractivity contribution in [3.05, 3.63) is 23.5 Å². The molecule has 0 radical (unpaired) electrons. The van der Waals surface area contributed by atoms with Crippen LogP contribution in [0.25, 0.3) is 0 Å². The molecule has 3 heteroatoms. The monoisotopic (exact) mass is 195 g/mol. The Labute approximate surface area is 84.7 Å². The van der Waals surface area contributed by atoms with E-state index in [9.17, 15) is 4.79 Å². The molecule has 1 rings (SSSR count). The summed E-state index contributed by atoms with van der Waals surface area (Å²) in [5.41, 5.74) is 1.64. The number of aryl methyl sites for hydroxylation is 1. The maximum Gasteiger partial charge on any atom is 0.339 e. The largest absolute Gasteiger partial charge is 0.462 e. The number of esters is 1. The lowest BCUT2D eigenvalue weighted by atomic mass is 10.2. The van der Waals surface area contributed by atoms with Crippen LogP contribution in [0.2, 0.25) is 0 Å². The average Bonchev–Trinajstić information content (AvgIpc) is 2.48. The van der Waals surface area contributed by atoms with Crippen molar-refractivity contribution in [3.63, 3.8) is 0 Å². The number of aromatic nitrogens is 1. The van der Waals surface area contributed by atoms with E-state index < -0.39 is 0 Å². The van der Waals surface area contributed by atoms with Crippen molar-refractivity contribution in [1.82, 2.24) is 4.57 Å². The first kappa shape index (κ1) is 10.8. The molecular formula is C11H17NO2. The van der Waals surface area contributed by atoms with Gasteiger partial charge in [-0.25, -0.2) is 4.79 Å². The van der Waals surface area contributed by atoms with Crippen LogP contribution in [0.3, 0.4) is 0 Å². The number of hydrogen-bond donors (Lipinski definition) is 0. The van der Waals surface area contributed by atoms with Crippen LogP contribution in [0, 0.1) is 6.92 Å². The van der Waals surface area contributed by atoms with Crippen LogP contribution in [-0.4, -0.2) is 17.1 Å². The lowest BCUT2D eigenvalue weighted by Gasteiger charge is -2.05. The van der Waals surface area contributed by atoms with Gasteiger partial charge in [0.15, 0.2) is 0 Å². The third-order valence-electron chi connectivity index (χ3n) is 2.14. The van der Waals surface area contributed by atoms with E-state index in [4.69, 9.17) is 4.74 Å². The van der Waals surface area contributed by atoms with E-state index in [1.807, 2.05) is 30.8 Å². The summed E-state index contributed by atoms with van der Waals surface area (Å²) in [7, 11) is 0. The molecule has 0 aliphatic heterocycles. The van der Waals surface area contributed by atoms with E-state index >= 15 is 0 Å². The molecule has 0 bridgehead atoms. The molecule has 0 aliphatic rings. The number of nitrogens with zero attached hydrogens (tertiary/aromatic N) is 1. The van der Waals surface area contributed by atoms with Gasteiger partial charge in [0, 0.05) is 18.4 Å². The van der Waals surface area contributed by atoms with Gasteiger partial charge in [0.25, 0.3) is 0 Å². The van der Waals surface area contributed by atoms with Crippen LogP contribution in [-0.2, 0) is 4.74 Å². The Morgan fingerprint density at radius 2 is 2.14 bits per heavy atom. The van der Waals surface area contributed by atoms with Crippen LogP contribution >= 0.6 is 0 Å². The van der Waals surface area contributed by atoms with Gasteiger partial charge >= 0.3 is 5.97 Å². The summed E-state index contributed by atoms with van der Waals surface area (Å²) in [6.07, 6.45) is 3.81. The zero-order chi connectivity index (χ0) is 10.7. The van der Waals surface area contributed by atoms with Gasteiger partial charge in [0.1, 0.15) is 0 Å². The van der Waals surface area contributed by atoms with E-state index in [1.165, 1.54) is 0 Å². The smallest absolute Gasteiger partial charge is 0.339 e. The fraction of sp³-hybridized carbons (Fsp3) is 0.545. The number of carbonyl (C=O) groups excluding carboxylic acids is 1. The van der Waals surface area contributed by atoms with E-state index in [0.29, 0.717) is 18.2 Å². The first-order chi connectivity index (χ1) is 6.56. The predicted molar refractivity (Wildman–Crippen MR) is 55.5 cm³/mol. The first-order valence-corrected chi connectivity index (χ1v) is 4.91. The van der Waals surface area contributed by atoms with Crippen molar-refractivity contribution < 1.29 is 9.53 Å². The van der Waals surface area contributed by atoms with Crippen LogP contribution in [0.1, 0.15) is 42.7 Å². The standard InChI is InChI=1S/C11H17NO2/c1-5-14-11(13)10-7-12(8(2)3)6-9(10)4/h6-8H,5H2,1-4H3. The summed E-state index contributed by atoms with van der Waals surface area (Å²) in [5, 5.41) is 0. The van der Waals surface area contributed by atoms with Crippen molar-refractivity contribution in [2.24, 2.45) is 0 Å². The fourth-order valence-corrected chi connectivity index (χ4v) is 1.30. The molecule has 78 valence electrons. The van der Waals surface area contributed by atoms with E-state index in [0.717, 1.165) is 5.56 Å². The maximum atomic E-state index is 11.5. The third kappa shape index (κ3) is 2.16. The van der Waals surface area contributed by atoms with Gasteiger partial charge in [0.2, 0.25) is 0 Å². The zero-order valence-corrected chi connectivity index (χ0v) is 9.20. The zero-order valence-electron chi connectivity index (χ0n) is 9.20. The SMILES string of the molecule is CCOC(=O)c1cn(C(C)C)cc1C. The summed E-state index contributed by atoms with van der Waals surface area (Å²) in [6, 6.07) is 0.372. The molecule has 1 heterocycles. The van der Waals surface area contributed by atoms with Crippen LogP contribution in [0.5, 0.6) is 0 Å². The van der Waals surface area contributed by atoms with Crippen LogP contribution < -0.4 is 0 Å². The second kappa shape index (κ2) is 4.31. The highest BCUT2D eigenvalue weighted by Crippen LogP contribution is 2.15. The summed E-state index contributed by atoms with van der Waals surface area (Å²) in [4.78, 5) is 11.5. The van der Waals surface area contributed by atoms with Gasteiger partial charge < -0.3 is 9.30 Å². The molecule has 0 aliphatic carbocycles. The average molecular weight is 195 g/mol. The molecule has 3 nitrogen and oxygen atoms in total. The van der Waals surface area contributed by atoms with Gasteiger partial charge in [-0.1, -0.05) is 0 Å². The number of ether oxygens (including phenoxy) is 1. The van der Waals surface area contributed by atoms with Crippen molar-refractivity contribution in [2.45, 2.75) is 33.7 Å². The summed E-state index contributed by atoms with van der Waals surface area (Å²) < 4.78 is 6.97. The number of hydrogen-bond acceptors (Lipinski definition) is 2. The summed E-state index contributed by atoms with van der Waals surface area (Å²) in [5.74, 6) is -0.232. The molecule has 1 aromatic rings. The van der Waals surface area contributed by atoms with Crippen LogP contribution in [0.4, 0.5) is 0 Å². The maximum absolute atomic E-state index is 11.5. The molecule has 0 spiro atoms. The number of rotatable bonds is 3. The molecule has 1 aromatic heterocycles. The van der Waals surface area contributed by atoms with Gasteiger partial charge in [-0.2, -0.15) is 0 Å². The highest BCUT2D eigenvalue weighted by Gasteiger charge is 2.13. The molecule has 14 heavy (non-hydrogen) atoms. The highest BCUT2D eigenvalue weighted by atomic mass is 16.5. The fourth-order valence-electron chi connectivity index (χ4n) is 1.30. The quantitative estimate of drug-likeness (QED) is 0.694. The Balaban J connectivity index is 2.92. The molecule has 0 N–H and O–H groups in total. The lowest BCUT2D eigenvalue weighted by Crippen LogP contribution is -2.05. The van der Waals surface area contributed by atoms with Crippen molar-refractivity contribution in [1.29, 1.82) is 0 Å². The molecule has 0 unspecified atom stereocenters. The molecule has 0 saturated carbocycles. The topological polar surface area (TPSA) is 31.2 Å². The Kier molecular flexibility index (Phi) is 3.33. The van der Waals surface area contributed by atoms with Crippen molar-refractivity contribution in [3.8, 4) is 0 Å². The van der Waals surface area contributed by atoms with Gasteiger partial charge in [-0.15, -0.1) is 0 Å². The molecule has 0 amide bonds. The van der Waals surface area contributed by atoms with Crippen molar-refractivity contribution >= 4 is 5.97 Å². The molecule has 0 aromatic carbocycles. The molecule has 0 atom stereocenters. The normalized spacial score (nSPS) is 10.6. The Hall–Kier alpha value is -1.25. The summed E-state index contributed by atoms with van der Waals surface area (Å²) >= 11 is 0. The molecule has 0 fully saturated rings. The molecular weight excluding hydrogens is 178 g/mol. The predicted octanol–water partition coefficient (Wildman–Crippen LogP) is 2.55. The van der Waals surface area contributed by atoms with E-state index in [2.05, 4.69) is 13.8 Å². The van der Waals surface area contributed by atoms with Gasteiger partial charge in [-0.05, 0) is 33.3 Å². The summed E-state index contributed by atoms with van der Waals surface area (Å²) in [6.45, 7) is 8.31. The third-order valence-corrected chi connectivity index (χ3v) is 2.14.